The summed E-state index contributed by atoms with van der Waals surface area (Å²) in [5.41, 5.74) is 0.902. The van der Waals surface area contributed by atoms with E-state index in [1.807, 2.05) is 18.2 Å². The molecule has 5 heteroatoms. The van der Waals surface area contributed by atoms with Gasteiger partial charge in [0.25, 0.3) is 0 Å². The van der Waals surface area contributed by atoms with Crippen LogP contribution in [0.25, 0.3) is 0 Å². The van der Waals surface area contributed by atoms with Gasteiger partial charge in [-0.1, -0.05) is 6.07 Å². The van der Waals surface area contributed by atoms with Gasteiger partial charge in [-0.15, -0.1) is 12.4 Å². The summed E-state index contributed by atoms with van der Waals surface area (Å²) >= 11 is 0. The van der Waals surface area contributed by atoms with Crippen LogP contribution in [0.2, 0.25) is 0 Å². The summed E-state index contributed by atoms with van der Waals surface area (Å²) in [7, 11) is 0. The Labute approximate surface area is 108 Å². The van der Waals surface area contributed by atoms with E-state index < -0.39 is 0 Å². The monoisotopic (exact) mass is 255 g/mol. The number of amides is 1. The van der Waals surface area contributed by atoms with Crippen molar-refractivity contribution in [2.75, 3.05) is 13.1 Å². The quantitative estimate of drug-likeness (QED) is 0.851. The highest BCUT2D eigenvalue weighted by Crippen LogP contribution is 2.09. The van der Waals surface area contributed by atoms with E-state index >= 15 is 0 Å². The SMILES string of the molecule is Cl.O=C(NCc1ccccn1)C1CCCNC1. The normalized spacial score (nSPS) is 19.2. The van der Waals surface area contributed by atoms with Gasteiger partial charge in [-0.2, -0.15) is 0 Å². The zero-order valence-electron chi connectivity index (χ0n) is 9.69. The van der Waals surface area contributed by atoms with Crippen molar-refractivity contribution in [3.8, 4) is 0 Å². The largest absolute Gasteiger partial charge is 0.350 e. The number of piperidine rings is 1. The minimum Gasteiger partial charge on any atom is -0.350 e. The molecular weight excluding hydrogens is 238 g/mol. The van der Waals surface area contributed by atoms with E-state index in [0.717, 1.165) is 31.6 Å². The number of aromatic nitrogens is 1. The molecule has 2 N–H and O–H groups in total. The van der Waals surface area contributed by atoms with E-state index in [1.54, 1.807) is 6.20 Å². The van der Waals surface area contributed by atoms with Crippen molar-refractivity contribution in [3.63, 3.8) is 0 Å². The second-order valence-electron chi connectivity index (χ2n) is 4.08. The van der Waals surface area contributed by atoms with E-state index in [-0.39, 0.29) is 24.2 Å². The van der Waals surface area contributed by atoms with Crippen LogP contribution in [-0.4, -0.2) is 24.0 Å². The Hall–Kier alpha value is -1.13. The molecule has 4 nitrogen and oxygen atoms in total. The van der Waals surface area contributed by atoms with Crippen LogP contribution in [0.15, 0.2) is 24.4 Å². The highest BCUT2D eigenvalue weighted by Gasteiger charge is 2.20. The van der Waals surface area contributed by atoms with Crippen LogP contribution in [0.5, 0.6) is 0 Å². The van der Waals surface area contributed by atoms with Gasteiger partial charge in [-0.25, -0.2) is 0 Å². The Morgan fingerprint density at radius 3 is 3.06 bits per heavy atom. The minimum atomic E-state index is 0. The van der Waals surface area contributed by atoms with Crippen LogP contribution in [0, 0.1) is 5.92 Å². The Balaban J connectivity index is 0.00000144. The average Bonchev–Trinajstić information content (AvgIpc) is 2.38. The van der Waals surface area contributed by atoms with E-state index in [1.165, 1.54) is 0 Å². The van der Waals surface area contributed by atoms with Crippen molar-refractivity contribution in [3.05, 3.63) is 30.1 Å². The predicted molar refractivity (Wildman–Crippen MR) is 68.9 cm³/mol. The van der Waals surface area contributed by atoms with Crippen LogP contribution in [0.1, 0.15) is 18.5 Å². The third-order valence-electron chi connectivity index (χ3n) is 2.84. The van der Waals surface area contributed by atoms with Gasteiger partial charge < -0.3 is 10.6 Å². The smallest absolute Gasteiger partial charge is 0.224 e. The summed E-state index contributed by atoms with van der Waals surface area (Å²) in [6.07, 6.45) is 3.81. The third kappa shape index (κ3) is 4.32. The molecule has 1 saturated heterocycles. The molecular formula is C12H18ClN3O. The Bertz CT molecular complexity index is 339. The summed E-state index contributed by atoms with van der Waals surface area (Å²) in [6.45, 7) is 2.36. The minimum absolute atomic E-state index is 0. The van der Waals surface area contributed by atoms with Crippen LogP contribution in [-0.2, 0) is 11.3 Å². The van der Waals surface area contributed by atoms with Crippen molar-refractivity contribution in [2.24, 2.45) is 5.92 Å². The molecule has 1 aliphatic heterocycles. The molecule has 94 valence electrons. The second-order valence-corrected chi connectivity index (χ2v) is 4.08. The summed E-state index contributed by atoms with van der Waals surface area (Å²) in [5.74, 6) is 0.260. The number of hydrogen-bond acceptors (Lipinski definition) is 3. The number of pyridine rings is 1. The second kappa shape index (κ2) is 7.25. The molecule has 0 aromatic carbocycles. The van der Waals surface area contributed by atoms with Gasteiger partial charge in [-0.05, 0) is 31.5 Å². The molecule has 1 fully saturated rings. The van der Waals surface area contributed by atoms with E-state index in [0.29, 0.717) is 6.54 Å². The molecule has 0 spiro atoms. The first-order valence-electron chi connectivity index (χ1n) is 5.74. The molecule has 0 radical (unpaired) electrons. The van der Waals surface area contributed by atoms with Gasteiger partial charge in [0, 0.05) is 12.7 Å². The van der Waals surface area contributed by atoms with Crippen LogP contribution < -0.4 is 10.6 Å². The number of hydrogen-bond donors (Lipinski definition) is 2. The Morgan fingerprint density at radius 1 is 1.53 bits per heavy atom. The molecule has 0 bridgehead atoms. The van der Waals surface area contributed by atoms with Gasteiger partial charge in [0.2, 0.25) is 5.91 Å². The maximum absolute atomic E-state index is 11.8. The van der Waals surface area contributed by atoms with E-state index in [2.05, 4.69) is 15.6 Å². The summed E-state index contributed by atoms with van der Waals surface area (Å²) < 4.78 is 0. The van der Waals surface area contributed by atoms with Gasteiger partial charge in [0.15, 0.2) is 0 Å². The van der Waals surface area contributed by atoms with Crippen molar-refractivity contribution >= 4 is 18.3 Å². The molecule has 2 rings (SSSR count). The molecule has 0 aliphatic carbocycles. The Morgan fingerprint density at radius 2 is 2.41 bits per heavy atom. The average molecular weight is 256 g/mol. The van der Waals surface area contributed by atoms with Crippen molar-refractivity contribution in [2.45, 2.75) is 19.4 Å². The topological polar surface area (TPSA) is 54.0 Å². The number of nitrogens with zero attached hydrogens (tertiary/aromatic N) is 1. The number of nitrogens with one attached hydrogen (secondary N) is 2. The molecule has 2 heterocycles. The van der Waals surface area contributed by atoms with Crippen molar-refractivity contribution in [1.29, 1.82) is 0 Å². The lowest BCUT2D eigenvalue weighted by atomic mass is 9.99. The number of carbonyl (C=O) groups excluding carboxylic acids is 1. The van der Waals surface area contributed by atoms with Crippen LogP contribution >= 0.6 is 12.4 Å². The molecule has 1 aromatic rings. The summed E-state index contributed by atoms with van der Waals surface area (Å²) in [6, 6.07) is 5.71. The lowest BCUT2D eigenvalue weighted by Gasteiger charge is -2.21. The first-order chi connectivity index (χ1) is 7.86. The van der Waals surface area contributed by atoms with Gasteiger partial charge in [0.05, 0.1) is 18.2 Å². The fraction of sp³-hybridized carbons (Fsp3) is 0.500. The van der Waals surface area contributed by atoms with Crippen LogP contribution in [0.4, 0.5) is 0 Å². The zero-order chi connectivity index (χ0) is 11.2. The lowest BCUT2D eigenvalue weighted by Crippen LogP contribution is -2.40. The lowest BCUT2D eigenvalue weighted by molar-refractivity contribution is -0.125. The maximum Gasteiger partial charge on any atom is 0.224 e. The predicted octanol–water partition coefficient (Wildman–Crippen LogP) is 1.12. The third-order valence-corrected chi connectivity index (χ3v) is 2.84. The molecule has 1 atom stereocenters. The van der Waals surface area contributed by atoms with Crippen molar-refractivity contribution < 1.29 is 4.79 Å². The highest BCUT2D eigenvalue weighted by molar-refractivity contribution is 5.85. The van der Waals surface area contributed by atoms with E-state index in [4.69, 9.17) is 0 Å². The maximum atomic E-state index is 11.8. The van der Waals surface area contributed by atoms with Gasteiger partial charge in [0.1, 0.15) is 0 Å². The molecule has 0 saturated carbocycles. The number of carbonyl (C=O) groups is 1. The fourth-order valence-corrected chi connectivity index (χ4v) is 1.90. The first kappa shape index (κ1) is 13.9. The zero-order valence-corrected chi connectivity index (χ0v) is 10.5. The number of rotatable bonds is 3. The standard InChI is InChI=1S/C12H17N3O.ClH/c16-12(10-4-3-6-13-8-10)15-9-11-5-1-2-7-14-11;/h1-2,5,7,10,13H,3-4,6,8-9H2,(H,15,16);1H. The first-order valence-corrected chi connectivity index (χ1v) is 5.74. The summed E-state index contributed by atoms with van der Waals surface area (Å²) in [4.78, 5) is 16.0. The molecule has 17 heavy (non-hydrogen) atoms. The molecule has 1 unspecified atom stereocenters. The highest BCUT2D eigenvalue weighted by atomic mass is 35.5. The fourth-order valence-electron chi connectivity index (χ4n) is 1.90. The van der Waals surface area contributed by atoms with E-state index in [9.17, 15) is 4.79 Å². The molecule has 1 amide bonds. The van der Waals surface area contributed by atoms with Gasteiger partial charge in [-0.3, -0.25) is 9.78 Å². The Kier molecular flexibility index (Phi) is 5.94. The number of halogens is 1. The van der Waals surface area contributed by atoms with Crippen LogP contribution in [0.3, 0.4) is 0 Å². The summed E-state index contributed by atoms with van der Waals surface area (Å²) in [5, 5.41) is 6.16. The molecule has 1 aliphatic rings. The van der Waals surface area contributed by atoms with Crippen molar-refractivity contribution in [1.82, 2.24) is 15.6 Å². The molecule has 1 aromatic heterocycles. The van der Waals surface area contributed by atoms with Gasteiger partial charge >= 0.3 is 0 Å².